The van der Waals surface area contributed by atoms with Crippen LogP contribution in [0.4, 0.5) is 20.2 Å². The molecular weight excluding hydrogens is 536 g/mol. The van der Waals surface area contributed by atoms with Crippen LogP contribution >= 0.6 is 0 Å². The number of nitrogens with one attached hydrogen (secondary N) is 1. The molecule has 2 aliphatic rings. The molecule has 0 radical (unpaired) electrons. The third kappa shape index (κ3) is 6.57. The molecule has 2 aromatic carbocycles. The number of methoxy groups -OCH3 is 1. The van der Waals surface area contributed by atoms with Crippen molar-refractivity contribution >= 4 is 23.1 Å². The number of carbonyl (C=O) groups excluding carboxylic acids is 1. The molecule has 3 aromatic rings. The standard InChI is InChI=1S/C28H33F2N7O4/c1-40-24-11-20-22(12-25(24)41-10-4-9-35-8-3-5-19(38)15-35)32-17-37(23-7-2-6-21(29)27(23)30)28(20)34-18-13-33-36(14-18)16-26(31)39/h2,6-7,11-14,19,34,38H,3-5,8-10,15-17H2,1H3,(H2,31,39). The molecule has 1 atom stereocenters. The Morgan fingerprint density at radius 1 is 1.27 bits per heavy atom. The van der Waals surface area contributed by atoms with E-state index in [0.717, 1.165) is 38.4 Å². The fourth-order valence-electron chi connectivity index (χ4n) is 5.05. The molecule has 1 unspecified atom stereocenters. The normalized spacial score (nSPS) is 17.1. The second-order valence-electron chi connectivity index (χ2n) is 9.99. The first-order valence-electron chi connectivity index (χ1n) is 13.4. The number of halogens is 2. The molecule has 0 saturated carbocycles. The van der Waals surface area contributed by atoms with Crippen molar-refractivity contribution in [3.63, 3.8) is 0 Å². The summed E-state index contributed by atoms with van der Waals surface area (Å²) in [7, 11) is 1.52. The van der Waals surface area contributed by atoms with Crippen LogP contribution in [0.25, 0.3) is 5.82 Å². The number of benzene rings is 2. The molecule has 4 N–H and O–H groups in total. The van der Waals surface area contributed by atoms with Gasteiger partial charge in [-0.3, -0.25) is 14.5 Å². The summed E-state index contributed by atoms with van der Waals surface area (Å²) in [5.41, 5.74) is 5.77. The highest BCUT2D eigenvalue weighted by atomic mass is 19.2. The highest BCUT2D eigenvalue weighted by Gasteiger charge is 2.24. The highest BCUT2D eigenvalue weighted by Crippen LogP contribution is 2.28. The molecule has 0 spiro atoms. The monoisotopic (exact) mass is 569 g/mol. The number of piperidine rings is 1. The van der Waals surface area contributed by atoms with Crippen molar-refractivity contribution in [2.75, 3.05) is 50.2 Å². The van der Waals surface area contributed by atoms with Gasteiger partial charge < -0.3 is 35.4 Å². The van der Waals surface area contributed by atoms with Crippen LogP contribution in [0.2, 0.25) is 0 Å². The number of hydrogen-bond acceptors (Lipinski definition) is 9. The summed E-state index contributed by atoms with van der Waals surface area (Å²) in [6, 6.07) is 7.43. The Hall–Kier alpha value is -4.23. The van der Waals surface area contributed by atoms with E-state index in [9.17, 15) is 18.7 Å². The van der Waals surface area contributed by atoms with Gasteiger partial charge in [0.05, 0.1) is 42.7 Å². The lowest BCUT2D eigenvalue weighted by atomic mass is 10.1. The zero-order chi connectivity index (χ0) is 28.9. The quantitative estimate of drug-likeness (QED) is 0.294. The first kappa shape index (κ1) is 28.3. The van der Waals surface area contributed by atoms with Gasteiger partial charge in [-0.2, -0.15) is 5.10 Å². The molecule has 218 valence electrons. The predicted octanol–water partition coefficient (Wildman–Crippen LogP) is 1.16. The minimum Gasteiger partial charge on any atom is -0.493 e. The summed E-state index contributed by atoms with van der Waals surface area (Å²) in [4.78, 5) is 19.7. The van der Waals surface area contributed by atoms with Crippen molar-refractivity contribution < 1.29 is 28.2 Å². The van der Waals surface area contributed by atoms with E-state index in [4.69, 9.17) is 15.2 Å². The number of hydrogen-bond donors (Lipinski definition) is 3. The lowest BCUT2D eigenvalue weighted by molar-refractivity contribution is -0.118. The van der Waals surface area contributed by atoms with Gasteiger partial charge >= 0.3 is 0 Å². The summed E-state index contributed by atoms with van der Waals surface area (Å²) in [6.45, 7) is 2.78. The topological polar surface area (TPSA) is 130 Å². The number of ether oxygens (including phenoxy) is 2. The van der Waals surface area contributed by atoms with E-state index in [-0.39, 0.29) is 25.0 Å². The van der Waals surface area contributed by atoms with Crippen molar-refractivity contribution in [1.29, 1.82) is 0 Å². The molecule has 41 heavy (non-hydrogen) atoms. The van der Waals surface area contributed by atoms with Crippen LogP contribution in [0.5, 0.6) is 11.5 Å². The maximum atomic E-state index is 14.9. The Labute approximate surface area is 235 Å². The molecule has 5 rings (SSSR count). The smallest absolute Gasteiger partial charge is 0.239 e. The van der Waals surface area contributed by atoms with Gasteiger partial charge in [0.1, 0.15) is 19.0 Å². The van der Waals surface area contributed by atoms with E-state index in [0.29, 0.717) is 46.7 Å². The predicted molar refractivity (Wildman–Crippen MR) is 148 cm³/mol. The number of likely N-dealkylation sites (tertiary alicyclic amines) is 1. The number of rotatable bonds is 11. The van der Waals surface area contributed by atoms with Gasteiger partial charge in [-0.1, -0.05) is 6.07 Å². The summed E-state index contributed by atoms with van der Waals surface area (Å²) in [6.07, 6.45) is 5.40. The molecule has 3 heterocycles. The van der Waals surface area contributed by atoms with E-state index in [2.05, 4.69) is 20.3 Å². The molecule has 2 aliphatic heterocycles. The van der Waals surface area contributed by atoms with Gasteiger partial charge in [0.2, 0.25) is 5.91 Å². The van der Waals surface area contributed by atoms with Crippen LogP contribution in [0.15, 0.2) is 47.7 Å². The number of amides is 1. The average molecular weight is 570 g/mol. The van der Waals surface area contributed by atoms with E-state index in [1.165, 1.54) is 35.0 Å². The van der Waals surface area contributed by atoms with Gasteiger partial charge in [-0.15, -0.1) is 0 Å². The molecule has 13 heteroatoms. The minimum atomic E-state index is -1.01. The van der Waals surface area contributed by atoms with Crippen LogP contribution in [0.1, 0.15) is 19.3 Å². The third-order valence-corrected chi connectivity index (χ3v) is 6.98. The summed E-state index contributed by atoms with van der Waals surface area (Å²) >= 11 is 0. The van der Waals surface area contributed by atoms with E-state index >= 15 is 0 Å². The lowest BCUT2D eigenvalue weighted by Crippen LogP contribution is -2.43. The van der Waals surface area contributed by atoms with E-state index < -0.39 is 17.5 Å². The largest absolute Gasteiger partial charge is 0.493 e. The third-order valence-electron chi connectivity index (χ3n) is 6.98. The molecule has 1 amide bonds. The van der Waals surface area contributed by atoms with Gasteiger partial charge in [0.15, 0.2) is 23.1 Å². The van der Waals surface area contributed by atoms with Gasteiger partial charge in [-0.05, 0) is 44.0 Å². The zero-order valence-corrected chi connectivity index (χ0v) is 22.7. The van der Waals surface area contributed by atoms with Crippen molar-refractivity contribution in [2.45, 2.75) is 31.9 Å². The lowest BCUT2D eigenvalue weighted by Gasteiger charge is -2.30. The number of nitrogens with two attached hydrogens (primary N) is 1. The number of aliphatic hydroxyl groups excluding tert-OH is 1. The van der Waals surface area contributed by atoms with Crippen molar-refractivity contribution in [1.82, 2.24) is 14.7 Å². The molecule has 0 aliphatic carbocycles. The van der Waals surface area contributed by atoms with Gasteiger partial charge in [0, 0.05) is 30.6 Å². The van der Waals surface area contributed by atoms with Crippen molar-refractivity contribution in [3.8, 4) is 11.5 Å². The van der Waals surface area contributed by atoms with Crippen LogP contribution in [-0.2, 0) is 11.3 Å². The summed E-state index contributed by atoms with van der Waals surface area (Å²) in [5, 5.41) is 18.4. The van der Waals surface area contributed by atoms with Crippen LogP contribution in [-0.4, -0.2) is 71.8 Å². The molecule has 1 fully saturated rings. The first-order valence-corrected chi connectivity index (χ1v) is 13.4. The second kappa shape index (κ2) is 12.5. The van der Waals surface area contributed by atoms with Gasteiger partial charge in [-0.25, -0.2) is 8.78 Å². The number of anilines is 2. The fourth-order valence-corrected chi connectivity index (χ4v) is 5.05. The maximum Gasteiger partial charge on any atom is 0.239 e. The molecule has 0 bridgehead atoms. The van der Waals surface area contributed by atoms with Crippen LogP contribution in [0.3, 0.4) is 0 Å². The summed E-state index contributed by atoms with van der Waals surface area (Å²) < 4.78 is 42.2. The second-order valence-corrected chi connectivity index (χ2v) is 9.99. The van der Waals surface area contributed by atoms with E-state index in [1.807, 2.05) is 0 Å². The van der Waals surface area contributed by atoms with Crippen molar-refractivity contribution in [2.24, 2.45) is 10.7 Å². The Morgan fingerprint density at radius 3 is 2.90 bits per heavy atom. The highest BCUT2D eigenvalue weighted by molar-refractivity contribution is 5.78. The number of β-amino-alcohol motifs (C(OH)–C–C–N with tert-alkyl or cyclic N) is 1. The van der Waals surface area contributed by atoms with E-state index in [1.54, 1.807) is 18.3 Å². The molecule has 11 nitrogen and oxygen atoms in total. The SMILES string of the molecule is COc1cc2c(cc1OCCCN1CCCC(O)C1)=NCN(c1cccc(F)c1F)C=2Nc1cnn(CC(N)=O)c1. The fraction of sp³-hybridized carbons (Fsp3) is 0.393. The summed E-state index contributed by atoms with van der Waals surface area (Å²) in [5.74, 6) is -1.19. The van der Waals surface area contributed by atoms with Crippen LogP contribution in [0, 0.1) is 11.6 Å². The van der Waals surface area contributed by atoms with Crippen molar-refractivity contribution in [3.05, 3.63) is 64.9 Å². The molecule has 1 saturated heterocycles. The Kier molecular flexibility index (Phi) is 8.64. The number of aromatic nitrogens is 2. The zero-order valence-electron chi connectivity index (χ0n) is 22.7. The first-order chi connectivity index (χ1) is 19.8. The molecular formula is C28H33F2N7O4. The number of carbonyl (C=O) groups is 1. The minimum absolute atomic E-state index is 0.00577. The number of nitrogens with zero attached hydrogens (tertiary/aromatic N) is 5. The Bertz CT molecular complexity index is 1530. The number of aliphatic hydroxyl groups is 1. The number of fused-ring (bicyclic) bond motifs is 1. The van der Waals surface area contributed by atoms with Crippen LogP contribution < -0.4 is 36.0 Å². The maximum absolute atomic E-state index is 14.9. The average Bonchev–Trinajstić information content (AvgIpc) is 3.38. The Balaban J connectivity index is 1.46. The number of primary amides is 1. The molecule has 1 aromatic heterocycles. The Morgan fingerprint density at radius 2 is 2.12 bits per heavy atom. The van der Waals surface area contributed by atoms with Gasteiger partial charge in [0.25, 0.3) is 0 Å².